The van der Waals surface area contributed by atoms with Crippen molar-refractivity contribution in [2.45, 2.75) is 20.4 Å². The molecule has 0 spiro atoms. The van der Waals surface area contributed by atoms with Crippen molar-refractivity contribution in [1.82, 2.24) is 10.2 Å². The number of aliphatic imine (C=N–C) groups is 1. The average Bonchev–Trinajstić information content (AvgIpc) is 2.88. The second-order valence-electron chi connectivity index (χ2n) is 3.70. The van der Waals surface area contributed by atoms with E-state index in [0.717, 1.165) is 13.1 Å². The number of amides is 1. The monoisotopic (exact) mass is 380 g/mol. The van der Waals surface area contributed by atoms with Crippen molar-refractivity contribution in [2.24, 2.45) is 10.7 Å². The molecule has 1 aromatic rings. The summed E-state index contributed by atoms with van der Waals surface area (Å²) in [4.78, 5) is 17.4. The van der Waals surface area contributed by atoms with Crippen LogP contribution >= 0.6 is 24.0 Å². The Balaban J connectivity index is 0.00000324. The van der Waals surface area contributed by atoms with Crippen LogP contribution in [0, 0.1) is 0 Å². The molecule has 0 saturated heterocycles. The number of nitrogens with zero attached hydrogens (tertiary/aromatic N) is 2. The van der Waals surface area contributed by atoms with E-state index in [4.69, 9.17) is 10.2 Å². The summed E-state index contributed by atoms with van der Waals surface area (Å²) in [5.41, 5.74) is 5.76. The van der Waals surface area contributed by atoms with Gasteiger partial charge in [0.2, 0.25) is 5.91 Å². The largest absolute Gasteiger partial charge is 0.467 e. The number of furan rings is 1. The van der Waals surface area contributed by atoms with E-state index in [2.05, 4.69) is 10.3 Å². The van der Waals surface area contributed by atoms with Crippen LogP contribution < -0.4 is 11.1 Å². The lowest BCUT2D eigenvalue weighted by atomic mass is 10.4. The number of nitrogens with one attached hydrogen (secondary N) is 1. The molecule has 1 rings (SSSR count). The van der Waals surface area contributed by atoms with Crippen LogP contribution in [0.1, 0.15) is 19.6 Å². The fourth-order valence-corrected chi connectivity index (χ4v) is 1.46. The van der Waals surface area contributed by atoms with Gasteiger partial charge in [-0.3, -0.25) is 4.79 Å². The van der Waals surface area contributed by atoms with Gasteiger partial charge in [-0.15, -0.1) is 24.0 Å². The summed E-state index contributed by atoms with van der Waals surface area (Å²) in [5, 5.41) is 2.70. The minimum atomic E-state index is -0.179. The number of carbonyl (C=O) groups excluding carboxylic acids is 1. The van der Waals surface area contributed by atoms with Crippen molar-refractivity contribution in [1.29, 1.82) is 0 Å². The zero-order valence-corrected chi connectivity index (χ0v) is 13.6. The number of hydrogen-bond donors (Lipinski definition) is 2. The van der Waals surface area contributed by atoms with Gasteiger partial charge in [-0.2, -0.15) is 0 Å². The van der Waals surface area contributed by atoms with Gasteiger partial charge in [0.25, 0.3) is 0 Å². The highest BCUT2D eigenvalue weighted by molar-refractivity contribution is 14.0. The van der Waals surface area contributed by atoms with Crippen molar-refractivity contribution >= 4 is 35.8 Å². The summed E-state index contributed by atoms with van der Waals surface area (Å²) >= 11 is 0. The second kappa shape index (κ2) is 9.65. The van der Waals surface area contributed by atoms with E-state index < -0.39 is 0 Å². The van der Waals surface area contributed by atoms with Crippen LogP contribution in [0.4, 0.5) is 0 Å². The Labute approximate surface area is 130 Å². The SMILES string of the molecule is CCN(CC)C(N)=NCC(=O)NCc1ccco1.I. The van der Waals surface area contributed by atoms with Gasteiger partial charge in [-0.1, -0.05) is 0 Å². The van der Waals surface area contributed by atoms with Crippen LogP contribution in [-0.2, 0) is 11.3 Å². The summed E-state index contributed by atoms with van der Waals surface area (Å²) in [7, 11) is 0. The Hall–Kier alpha value is -1.25. The third-order valence-electron chi connectivity index (χ3n) is 2.51. The van der Waals surface area contributed by atoms with E-state index in [0.29, 0.717) is 18.3 Å². The molecule has 1 aromatic heterocycles. The molecule has 0 bridgehead atoms. The Morgan fingerprint density at radius 3 is 2.68 bits per heavy atom. The molecule has 0 fully saturated rings. The maximum atomic E-state index is 11.5. The molecule has 0 atom stereocenters. The van der Waals surface area contributed by atoms with Gasteiger partial charge < -0.3 is 20.4 Å². The smallest absolute Gasteiger partial charge is 0.242 e. The quantitative estimate of drug-likeness (QED) is 0.441. The number of halogens is 1. The molecule has 0 aliphatic rings. The second-order valence-corrected chi connectivity index (χ2v) is 3.70. The summed E-state index contributed by atoms with van der Waals surface area (Å²) in [6.07, 6.45) is 1.57. The van der Waals surface area contributed by atoms with Gasteiger partial charge in [0.15, 0.2) is 5.96 Å². The Morgan fingerprint density at radius 2 is 2.16 bits per heavy atom. The molecule has 0 radical (unpaired) electrons. The third-order valence-corrected chi connectivity index (χ3v) is 2.51. The molecule has 0 unspecified atom stereocenters. The van der Waals surface area contributed by atoms with Gasteiger partial charge in [-0.05, 0) is 26.0 Å². The number of guanidine groups is 1. The molecule has 0 aliphatic carbocycles. The normalized spacial score (nSPS) is 10.7. The molecule has 1 heterocycles. The van der Waals surface area contributed by atoms with E-state index in [1.54, 1.807) is 18.4 Å². The van der Waals surface area contributed by atoms with Gasteiger partial charge in [-0.25, -0.2) is 4.99 Å². The topological polar surface area (TPSA) is 83.9 Å². The Kier molecular flexibility index (Phi) is 9.02. The highest BCUT2D eigenvalue weighted by atomic mass is 127. The van der Waals surface area contributed by atoms with Crippen LogP contribution in [0.2, 0.25) is 0 Å². The fourth-order valence-electron chi connectivity index (χ4n) is 1.46. The van der Waals surface area contributed by atoms with E-state index >= 15 is 0 Å². The minimum absolute atomic E-state index is 0. The fraction of sp³-hybridized carbons (Fsp3) is 0.500. The number of nitrogens with two attached hydrogens (primary N) is 1. The van der Waals surface area contributed by atoms with Crippen molar-refractivity contribution in [3.8, 4) is 0 Å². The van der Waals surface area contributed by atoms with Crippen molar-refractivity contribution in [3.63, 3.8) is 0 Å². The highest BCUT2D eigenvalue weighted by Gasteiger charge is 2.05. The minimum Gasteiger partial charge on any atom is -0.467 e. The highest BCUT2D eigenvalue weighted by Crippen LogP contribution is 1.98. The van der Waals surface area contributed by atoms with Gasteiger partial charge >= 0.3 is 0 Å². The predicted octanol–water partition coefficient (Wildman–Crippen LogP) is 1.17. The lowest BCUT2D eigenvalue weighted by Gasteiger charge is -2.19. The maximum absolute atomic E-state index is 11.5. The standard InChI is InChI=1S/C12H20N4O2.HI/c1-3-16(4-2)12(13)15-9-11(17)14-8-10-6-5-7-18-10;/h5-7H,3-4,8-9H2,1-2H3,(H2,13,15)(H,14,17);1H. The summed E-state index contributed by atoms with van der Waals surface area (Å²) < 4.78 is 5.10. The first-order valence-electron chi connectivity index (χ1n) is 6.01. The van der Waals surface area contributed by atoms with E-state index in [-0.39, 0.29) is 36.4 Å². The lowest BCUT2D eigenvalue weighted by Crippen LogP contribution is -2.38. The zero-order chi connectivity index (χ0) is 13.4. The van der Waals surface area contributed by atoms with Crippen molar-refractivity contribution in [2.75, 3.05) is 19.6 Å². The van der Waals surface area contributed by atoms with Crippen molar-refractivity contribution < 1.29 is 9.21 Å². The molecule has 0 aromatic carbocycles. The maximum Gasteiger partial charge on any atom is 0.242 e. The first-order chi connectivity index (χ1) is 8.67. The Bertz CT molecular complexity index is 388. The summed E-state index contributed by atoms with van der Waals surface area (Å²) in [6.45, 7) is 5.93. The first kappa shape index (κ1) is 17.8. The van der Waals surface area contributed by atoms with E-state index in [9.17, 15) is 4.79 Å². The number of hydrogen-bond acceptors (Lipinski definition) is 3. The molecule has 19 heavy (non-hydrogen) atoms. The summed E-state index contributed by atoms with van der Waals surface area (Å²) in [5.74, 6) is 0.929. The molecular formula is C12H21IN4O2. The van der Waals surface area contributed by atoms with Gasteiger partial charge in [0.05, 0.1) is 12.8 Å². The first-order valence-corrected chi connectivity index (χ1v) is 6.01. The molecule has 0 aliphatic heterocycles. The average molecular weight is 380 g/mol. The number of rotatable bonds is 6. The Morgan fingerprint density at radius 1 is 1.47 bits per heavy atom. The lowest BCUT2D eigenvalue weighted by molar-refractivity contribution is -0.119. The summed E-state index contributed by atoms with van der Waals surface area (Å²) in [6, 6.07) is 3.58. The molecule has 1 amide bonds. The van der Waals surface area contributed by atoms with Crippen molar-refractivity contribution in [3.05, 3.63) is 24.2 Å². The van der Waals surface area contributed by atoms with Crippen LogP contribution in [0.5, 0.6) is 0 Å². The van der Waals surface area contributed by atoms with Crippen LogP contribution in [0.15, 0.2) is 27.8 Å². The van der Waals surface area contributed by atoms with Gasteiger partial charge in [0.1, 0.15) is 12.3 Å². The zero-order valence-electron chi connectivity index (χ0n) is 11.3. The molecule has 7 heteroatoms. The van der Waals surface area contributed by atoms with Gasteiger partial charge in [0, 0.05) is 13.1 Å². The molecule has 108 valence electrons. The van der Waals surface area contributed by atoms with Crippen LogP contribution in [-0.4, -0.2) is 36.4 Å². The number of carbonyl (C=O) groups is 1. The predicted molar refractivity (Wildman–Crippen MR) is 85.4 cm³/mol. The third kappa shape index (κ3) is 6.46. The molecule has 0 saturated carbocycles. The molecule has 6 nitrogen and oxygen atoms in total. The molecular weight excluding hydrogens is 359 g/mol. The molecule has 3 N–H and O–H groups in total. The van der Waals surface area contributed by atoms with Crippen LogP contribution in [0.3, 0.4) is 0 Å². The van der Waals surface area contributed by atoms with E-state index in [1.165, 1.54) is 0 Å². The van der Waals surface area contributed by atoms with E-state index in [1.807, 2.05) is 18.7 Å². The van der Waals surface area contributed by atoms with Crippen LogP contribution in [0.25, 0.3) is 0 Å².